The van der Waals surface area contributed by atoms with Crippen LogP contribution < -0.4 is 0 Å². The summed E-state index contributed by atoms with van der Waals surface area (Å²) in [5, 5.41) is 9.71. The second kappa shape index (κ2) is 4.50. The predicted octanol–water partition coefficient (Wildman–Crippen LogP) is 3.76. The Morgan fingerprint density at radius 2 is 2.12 bits per heavy atom. The monoisotopic (exact) mass is 228 g/mol. The number of halogens is 1. The zero-order chi connectivity index (χ0) is 12.4. The molecule has 2 rings (SSSR count). The summed E-state index contributed by atoms with van der Waals surface area (Å²) in [6.45, 7) is 3.97. The lowest BCUT2D eigenvalue weighted by Gasteiger charge is -2.14. The van der Waals surface area contributed by atoms with Gasteiger partial charge in [0, 0.05) is 10.9 Å². The van der Waals surface area contributed by atoms with E-state index in [4.69, 9.17) is 5.26 Å². The van der Waals surface area contributed by atoms with E-state index in [1.54, 1.807) is 0 Å². The zero-order valence-electron chi connectivity index (χ0n) is 9.87. The van der Waals surface area contributed by atoms with Crippen molar-refractivity contribution < 1.29 is 4.39 Å². The highest BCUT2D eigenvalue weighted by molar-refractivity contribution is 5.83. The van der Waals surface area contributed by atoms with Crippen LogP contribution in [0.1, 0.15) is 37.4 Å². The lowest BCUT2D eigenvalue weighted by Crippen LogP contribution is -2.03. The first-order valence-electron chi connectivity index (χ1n) is 5.67. The fourth-order valence-corrected chi connectivity index (χ4v) is 1.97. The van der Waals surface area contributed by atoms with Crippen molar-refractivity contribution in [2.75, 3.05) is 0 Å². The first-order chi connectivity index (χ1) is 8.19. The van der Waals surface area contributed by atoms with E-state index in [0.29, 0.717) is 11.1 Å². The Morgan fingerprint density at radius 3 is 2.76 bits per heavy atom. The minimum atomic E-state index is -0.472. The second-order valence-corrected chi connectivity index (χ2v) is 4.13. The number of fused-ring (bicyclic) bond motifs is 1. The lowest BCUT2D eigenvalue weighted by atomic mass is 9.93. The van der Waals surface area contributed by atoms with E-state index in [0.717, 1.165) is 11.8 Å². The molecule has 0 radical (unpaired) electrons. The minimum absolute atomic E-state index is 0.0787. The molecule has 1 aromatic carbocycles. The summed E-state index contributed by atoms with van der Waals surface area (Å²) in [5.41, 5.74) is 1.18. The van der Waals surface area contributed by atoms with Gasteiger partial charge in [0.05, 0.1) is 5.52 Å². The van der Waals surface area contributed by atoms with Gasteiger partial charge in [-0.2, -0.15) is 5.26 Å². The van der Waals surface area contributed by atoms with Gasteiger partial charge in [-0.05, 0) is 18.4 Å². The lowest BCUT2D eigenvalue weighted by molar-refractivity contribution is 0.579. The average Bonchev–Trinajstić information content (AvgIpc) is 2.37. The third-order valence-electron chi connectivity index (χ3n) is 3.08. The van der Waals surface area contributed by atoms with Gasteiger partial charge in [0.15, 0.2) is 11.5 Å². The molecule has 0 spiro atoms. The Morgan fingerprint density at radius 1 is 1.41 bits per heavy atom. The Balaban J connectivity index is 2.86. The van der Waals surface area contributed by atoms with Crippen molar-refractivity contribution >= 4 is 10.9 Å². The summed E-state index contributed by atoms with van der Waals surface area (Å²) >= 11 is 0. The normalized spacial score (nSPS) is 12.4. The van der Waals surface area contributed by atoms with E-state index in [9.17, 15) is 4.39 Å². The highest BCUT2D eigenvalue weighted by Crippen LogP contribution is 2.30. The number of hydrogen-bond donors (Lipinski definition) is 0. The molecule has 2 aromatic rings. The van der Waals surface area contributed by atoms with E-state index in [1.165, 1.54) is 0 Å². The van der Waals surface area contributed by atoms with Gasteiger partial charge in [0.1, 0.15) is 6.07 Å². The van der Waals surface area contributed by atoms with Gasteiger partial charge in [-0.1, -0.05) is 32.0 Å². The van der Waals surface area contributed by atoms with Gasteiger partial charge >= 0.3 is 0 Å². The van der Waals surface area contributed by atoms with E-state index < -0.39 is 5.82 Å². The maximum absolute atomic E-state index is 14.2. The molecule has 2 nitrogen and oxygen atoms in total. The van der Waals surface area contributed by atoms with Crippen LogP contribution >= 0.6 is 0 Å². The molecule has 86 valence electrons. The molecule has 1 atom stereocenters. The van der Waals surface area contributed by atoms with Crippen molar-refractivity contribution in [1.82, 2.24) is 4.98 Å². The molecule has 3 heteroatoms. The molecular formula is C14H13FN2. The Hall–Kier alpha value is -1.95. The van der Waals surface area contributed by atoms with Crippen LogP contribution in [-0.2, 0) is 0 Å². The number of aromatic nitrogens is 1. The minimum Gasteiger partial charge on any atom is -0.234 e. The molecule has 1 unspecified atom stereocenters. The van der Waals surface area contributed by atoms with E-state index in [-0.39, 0.29) is 11.6 Å². The summed E-state index contributed by atoms with van der Waals surface area (Å²) in [7, 11) is 0. The summed E-state index contributed by atoms with van der Waals surface area (Å²) in [5.74, 6) is -0.393. The second-order valence-electron chi connectivity index (χ2n) is 4.13. The largest absolute Gasteiger partial charge is 0.234 e. The predicted molar refractivity (Wildman–Crippen MR) is 65.1 cm³/mol. The van der Waals surface area contributed by atoms with Gasteiger partial charge in [0.2, 0.25) is 0 Å². The van der Waals surface area contributed by atoms with Gasteiger partial charge in [0.25, 0.3) is 0 Å². The van der Waals surface area contributed by atoms with E-state index in [2.05, 4.69) is 4.98 Å². The third-order valence-corrected chi connectivity index (χ3v) is 3.08. The van der Waals surface area contributed by atoms with Crippen molar-refractivity contribution in [3.63, 3.8) is 0 Å². The number of pyridine rings is 1. The van der Waals surface area contributed by atoms with Gasteiger partial charge < -0.3 is 0 Å². The summed E-state index contributed by atoms with van der Waals surface area (Å²) in [6, 6.07) is 9.19. The summed E-state index contributed by atoms with van der Waals surface area (Å²) in [6.07, 6.45) is 0.829. The SMILES string of the molecule is CCC(C)c1c(F)c(C#N)nc2ccccc12. The molecule has 1 aromatic heterocycles. The van der Waals surface area contributed by atoms with Gasteiger partial charge in [-0.25, -0.2) is 9.37 Å². The molecule has 1 heterocycles. The van der Waals surface area contributed by atoms with Gasteiger partial charge in [-0.15, -0.1) is 0 Å². The highest BCUT2D eigenvalue weighted by atomic mass is 19.1. The number of para-hydroxylation sites is 1. The molecule has 0 aliphatic heterocycles. The van der Waals surface area contributed by atoms with Crippen LogP contribution in [0.25, 0.3) is 10.9 Å². The Labute approximate surface area is 99.7 Å². The zero-order valence-corrected chi connectivity index (χ0v) is 9.87. The van der Waals surface area contributed by atoms with Gasteiger partial charge in [-0.3, -0.25) is 0 Å². The first kappa shape index (κ1) is 11.5. The Bertz CT molecular complexity index is 599. The summed E-state index contributed by atoms with van der Waals surface area (Å²) < 4.78 is 14.2. The number of nitriles is 1. The molecule has 17 heavy (non-hydrogen) atoms. The molecule has 0 N–H and O–H groups in total. The van der Waals surface area contributed by atoms with Crippen molar-refractivity contribution in [1.29, 1.82) is 5.26 Å². The molecule has 0 aliphatic rings. The maximum Gasteiger partial charge on any atom is 0.177 e. The fourth-order valence-electron chi connectivity index (χ4n) is 1.97. The van der Waals surface area contributed by atoms with Crippen LogP contribution in [0, 0.1) is 17.1 Å². The van der Waals surface area contributed by atoms with Crippen molar-refractivity contribution in [2.24, 2.45) is 0 Å². The van der Waals surface area contributed by atoms with Crippen LogP contribution in [-0.4, -0.2) is 4.98 Å². The van der Waals surface area contributed by atoms with E-state index in [1.807, 2.05) is 44.2 Å². The van der Waals surface area contributed by atoms with Crippen LogP contribution in [0.5, 0.6) is 0 Å². The fraction of sp³-hybridized carbons (Fsp3) is 0.286. The molecular weight excluding hydrogens is 215 g/mol. The van der Waals surface area contributed by atoms with Crippen LogP contribution in [0.2, 0.25) is 0 Å². The topological polar surface area (TPSA) is 36.7 Å². The molecule has 0 saturated carbocycles. The molecule has 0 amide bonds. The Kier molecular flexibility index (Phi) is 3.06. The standard InChI is InChI=1S/C14H13FN2/c1-3-9(2)13-10-6-4-5-7-11(10)17-12(8-16)14(13)15/h4-7,9H,3H2,1-2H3. The first-order valence-corrected chi connectivity index (χ1v) is 5.67. The summed E-state index contributed by atoms with van der Waals surface area (Å²) in [4.78, 5) is 4.03. The number of nitrogens with zero attached hydrogens (tertiary/aromatic N) is 2. The molecule has 0 saturated heterocycles. The van der Waals surface area contributed by atoms with Crippen LogP contribution in [0.3, 0.4) is 0 Å². The van der Waals surface area contributed by atoms with Crippen molar-refractivity contribution in [3.05, 3.63) is 41.3 Å². The van der Waals surface area contributed by atoms with Crippen LogP contribution in [0.15, 0.2) is 24.3 Å². The maximum atomic E-state index is 14.2. The van der Waals surface area contributed by atoms with Crippen molar-refractivity contribution in [2.45, 2.75) is 26.2 Å². The number of hydrogen-bond acceptors (Lipinski definition) is 2. The van der Waals surface area contributed by atoms with E-state index >= 15 is 0 Å². The smallest absolute Gasteiger partial charge is 0.177 e. The van der Waals surface area contributed by atoms with Crippen LogP contribution in [0.4, 0.5) is 4.39 Å². The highest BCUT2D eigenvalue weighted by Gasteiger charge is 2.18. The average molecular weight is 228 g/mol. The quantitative estimate of drug-likeness (QED) is 0.784. The molecule has 0 bridgehead atoms. The number of benzene rings is 1. The molecule has 0 aliphatic carbocycles. The number of rotatable bonds is 2. The molecule has 0 fully saturated rings. The third kappa shape index (κ3) is 1.87. The van der Waals surface area contributed by atoms with Crippen molar-refractivity contribution in [3.8, 4) is 6.07 Å².